The monoisotopic (exact) mass is 326 g/mol. The van der Waals surface area contributed by atoms with Gasteiger partial charge in [0.1, 0.15) is 18.5 Å². The Morgan fingerprint density at radius 3 is 2.71 bits per heavy atom. The third-order valence-corrected chi connectivity index (χ3v) is 5.45. The molecule has 3 aliphatic rings. The molecule has 2 N–H and O–H groups in total. The van der Waals surface area contributed by atoms with Gasteiger partial charge in [-0.25, -0.2) is 0 Å². The van der Waals surface area contributed by atoms with Crippen LogP contribution in [0.4, 0.5) is 0 Å². The lowest BCUT2D eigenvalue weighted by Gasteiger charge is -2.45. The van der Waals surface area contributed by atoms with Crippen molar-refractivity contribution in [1.82, 2.24) is 10.2 Å². The normalized spacial score (nSPS) is 27.3. The van der Waals surface area contributed by atoms with E-state index in [-0.39, 0.29) is 0 Å². The van der Waals surface area contributed by atoms with E-state index in [4.69, 9.17) is 4.74 Å². The second-order valence-corrected chi connectivity index (χ2v) is 7.09. The average Bonchev–Trinajstić information content (AvgIpc) is 2.65. The van der Waals surface area contributed by atoms with Gasteiger partial charge in [0.25, 0.3) is 0 Å². The van der Waals surface area contributed by atoms with E-state index in [1.807, 2.05) is 24.3 Å². The summed E-state index contributed by atoms with van der Waals surface area (Å²) in [4.78, 5) is 2.52. The van der Waals surface area contributed by atoms with Gasteiger partial charge in [0, 0.05) is 24.5 Å². The molecule has 0 aromatic heterocycles. The lowest BCUT2D eigenvalue weighted by molar-refractivity contribution is 0.0553. The van der Waals surface area contributed by atoms with Crippen LogP contribution in [0.1, 0.15) is 12.8 Å². The number of ether oxygens (including phenoxy) is 1. The van der Waals surface area contributed by atoms with Crippen molar-refractivity contribution in [1.29, 1.82) is 0 Å². The minimum absolute atomic E-state index is 0.322. The fraction of sp³-hybridized carbons (Fsp3) is 0.500. The molecule has 4 heteroatoms. The van der Waals surface area contributed by atoms with Gasteiger partial charge in [-0.05, 0) is 43.3 Å². The summed E-state index contributed by atoms with van der Waals surface area (Å²) < 4.78 is 5.88. The van der Waals surface area contributed by atoms with Crippen molar-refractivity contribution < 1.29 is 9.84 Å². The van der Waals surface area contributed by atoms with E-state index in [2.05, 4.69) is 28.4 Å². The Bertz CT molecular complexity index is 677. The highest BCUT2D eigenvalue weighted by atomic mass is 16.5. The zero-order chi connectivity index (χ0) is 16.4. The topological polar surface area (TPSA) is 44.7 Å². The average molecular weight is 326 g/mol. The van der Waals surface area contributed by atoms with Crippen LogP contribution in [0.3, 0.4) is 0 Å². The zero-order valence-electron chi connectivity index (χ0n) is 14.0. The smallest absolute Gasteiger partial charge is 0.127 e. The molecule has 0 aliphatic carbocycles. The molecule has 24 heavy (non-hydrogen) atoms. The third-order valence-electron chi connectivity index (χ3n) is 5.45. The van der Waals surface area contributed by atoms with E-state index in [1.165, 1.54) is 25.9 Å². The largest absolute Gasteiger partial charge is 0.490 e. The Kier molecular flexibility index (Phi) is 4.69. The lowest BCUT2D eigenvalue weighted by Crippen LogP contribution is -2.57. The first-order chi connectivity index (χ1) is 11.8. The van der Waals surface area contributed by atoms with Crippen molar-refractivity contribution >= 4 is 10.8 Å². The van der Waals surface area contributed by atoms with Crippen molar-refractivity contribution in [3.8, 4) is 5.75 Å². The van der Waals surface area contributed by atoms with Crippen LogP contribution in [0.2, 0.25) is 0 Å². The van der Waals surface area contributed by atoms with E-state index in [0.717, 1.165) is 29.0 Å². The van der Waals surface area contributed by atoms with E-state index in [1.54, 1.807) is 0 Å². The molecular weight excluding hydrogens is 300 g/mol. The molecule has 0 spiro atoms. The molecule has 0 amide bonds. The van der Waals surface area contributed by atoms with E-state index in [0.29, 0.717) is 19.2 Å². The van der Waals surface area contributed by atoms with Crippen LogP contribution < -0.4 is 10.1 Å². The molecular formula is C20H26N2O2. The molecule has 2 bridgehead atoms. The number of fused-ring (bicyclic) bond motifs is 4. The number of hydrogen-bond donors (Lipinski definition) is 2. The number of rotatable bonds is 6. The van der Waals surface area contributed by atoms with Gasteiger partial charge in [-0.3, -0.25) is 0 Å². The number of aliphatic hydroxyl groups is 1. The van der Waals surface area contributed by atoms with Gasteiger partial charge in [0.15, 0.2) is 0 Å². The summed E-state index contributed by atoms with van der Waals surface area (Å²) >= 11 is 0. The van der Waals surface area contributed by atoms with Crippen molar-refractivity contribution in [2.24, 2.45) is 5.92 Å². The molecule has 2 aromatic rings. The van der Waals surface area contributed by atoms with Crippen LogP contribution in [0, 0.1) is 5.92 Å². The van der Waals surface area contributed by atoms with Gasteiger partial charge in [-0.15, -0.1) is 0 Å². The van der Waals surface area contributed by atoms with Gasteiger partial charge < -0.3 is 20.1 Å². The lowest BCUT2D eigenvalue weighted by atomic mass is 9.84. The first-order valence-electron chi connectivity index (χ1n) is 9.04. The summed E-state index contributed by atoms with van der Waals surface area (Å²) in [5.41, 5.74) is 0. The molecule has 4 nitrogen and oxygen atoms in total. The Hall–Kier alpha value is -1.62. The molecule has 2 atom stereocenters. The molecule has 3 aliphatic heterocycles. The quantitative estimate of drug-likeness (QED) is 0.855. The van der Waals surface area contributed by atoms with Gasteiger partial charge in [0.2, 0.25) is 0 Å². The number of nitrogens with one attached hydrogen (secondary N) is 1. The van der Waals surface area contributed by atoms with Crippen molar-refractivity contribution in [2.75, 3.05) is 32.8 Å². The maximum absolute atomic E-state index is 10.3. The second-order valence-electron chi connectivity index (χ2n) is 7.09. The minimum Gasteiger partial charge on any atom is -0.490 e. The fourth-order valence-electron chi connectivity index (χ4n) is 4.05. The number of hydrogen-bond acceptors (Lipinski definition) is 4. The SMILES string of the molecule is O[C@@H](CN[C@H]1CN2CCC1CC2)COc1cccc2ccccc12. The van der Waals surface area contributed by atoms with E-state index < -0.39 is 6.10 Å². The van der Waals surface area contributed by atoms with E-state index >= 15 is 0 Å². The summed E-state index contributed by atoms with van der Waals surface area (Å²) in [5, 5.41) is 16.1. The first kappa shape index (κ1) is 15.9. The minimum atomic E-state index is -0.487. The molecule has 2 aromatic carbocycles. The predicted molar refractivity (Wildman–Crippen MR) is 96.4 cm³/mol. The maximum Gasteiger partial charge on any atom is 0.127 e. The van der Waals surface area contributed by atoms with Gasteiger partial charge in [-0.1, -0.05) is 36.4 Å². The number of piperidine rings is 3. The molecule has 3 saturated heterocycles. The fourth-order valence-corrected chi connectivity index (χ4v) is 4.05. The predicted octanol–water partition coefficient (Wildman–Crippen LogP) is 2.26. The number of nitrogens with zero attached hydrogens (tertiary/aromatic N) is 1. The Balaban J connectivity index is 1.29. The van der Waals surface area contributed by atoms with Crippen molar-refractivity contribution in [3.63, 3.8) is 0 Å². The number of benzene rings is 2. The molecule has 3 heterocycles. The summed E-state index contributed by atoms with van der Waals surface area (Å²) in [6, 6.07) is 14.7. The molecule has 0 saturated carbocycles. The zero-order valence-corrected chi connectivity index (χ0v) is 14.0. The Morgan fingerprint density at radius 2 is 1.92 bits per heavy atom. The van der Waals surface area contributed by atoms with Crippen LogP contribution in [-0.4, -0.2) is 54.9 Å². The van der Waals surface area contributed by atoms with Crippen LogP contribution >= 0.6 is 0 Å². The second kappa shape index (κ2) is 7.09. The molecule has 3 fully saturated rings. The number of aliphatic hydroxyl groups excluding tert-OH is 1. The van der Waals surface area contributed by atoms with Crippen LogP contribution in [-0.2, 0) is 0 Å². The Morgan fingerprint density at radius 1 is 1.12 bits per heavy atom. The van der Waals surface area contributed by atoms with Crippen molar-refractivity contribution in [3.05, 3.63) is 42.5 Å². The third kappa shape index (κ3) is 3.41. The summed E-state index contributed by atoms with van der Waals surface area (Å²) in [6.07, 6.45) is 2.10. The highest BCUT2D eigenvalue weighted by molar-refractivity contribution is 5.88. The summed E-state index contributed by atoms with van der Waals surface area (Å²) in [6.45, 7) is 4.54. The van der Waals surface area contributed by atoms with Gasteiger partial charge >= 0.3 is 0 Å². The summed E-state index contributed by atoms with van der Waals surface area (Å²) in [7, 11) is 0. The highest BCUT2D eigenvalue weighted by Gasteiger charge is 2.33. The molecule has 5 rings (SSSR count). The van der Waals surface area contributed by atoms with Crippen LogP contribution in [0.15, 0.2) is 42.5 Å². The highest BCUT2D eigenvalue weighted by Crippen LogP contribution is 2.27. The first-order valence-corrected chi connectivity index (χ1v) is 9.04. The molecule has 0 unspecified atom stereocenters. The maximum atomic E-state index is 10.3. The van der Waals surface area contributed by atoms with Gasteiger partial charge in [0.05, 0.1) is 0 Å². The molecule has 128 valence electrons. The van der Waals surface area contributed by atoms with E-state index in [9.17, 15) is 5.11 Å². The van der Waals surface area contributed by atoms with Gasteiger partial charge in [-0.2, -0.15) is 0 Å². The Labute approximate surface area is 143 Å². The standard InChI is InChI=1S/C20H26N2O2/c23-17(12-21-19-13-22-10-8-16(19)9-11-22)14-24-20-7-3-5-15-4-1-2-6-18(15)20/h1-7,16-17,19,21,23H,8-14H2/t17-,19-/m0/s1. The van der Waals surface area contributed by atoms with Crippen LogP contribution in [0.5, 0.6) is 5.75 Å². The van der Waals surface area contributed by atoms with Crippen LogP contribution in [0.25, 0.3) is 10.8 Å². The molecule has 0 radical (unpaired) electrons. The summed E-state index contributed by atoms with van der Waals surface area (Å²) in [5.74, 6) is 1.62. The van der Waals surface area contributed by atoms with Crippen molar-refractivity contribution in [2.45, 2.75) is 25.0 Å².